The number of anilines is 1. The van der Waals surface area contributed by atoms with Crippen molar-refractivity contribution >= 4 is 21.6 Å². The van der Waals surface area contributed by atoms with Gasteiger partial charge in [-0.2, -0.15) is 0 Å². The van der Waals surface area contributed by atoms with Crippen LogP contribution in [-0.4, -0.2) is 30.0 Å². The summed E-state index contributed by atoms with van der Waals surface area (Å²) in [5.74, 6) is -0.314. The lowest BCUT2D eigenvalue weighted by atomic mass is 10.1. The van der Waals surface area contributed by atoms with Crippen LogP contribution in [0.1, 0.15) is 36.5 Å². The number of amides is 1. The monoisotopic (exact) mass is 374 g/mol. The summed E-state index contributed by atoms with van der Waals surface area (Å²) in [5.41, 5.74) is 0.831. The van der Waals surface area contributed by atoms with Crippen molar-refractivity contribution in [1.29, 1.82) is 0 Å². The van der Waals surface area contributed by atoms with Crippen molar-refractivity contribution < 1.29 is 18.4 Å². The van der Waals surface area contributed by atoms with Gasteiger partial charge in [0, 0.05) is 11.3 Å². The Bertz CT molecular complexity index is 883. The van der Waals surface area contributed by atoms with Gasteiger partial charge in [0.15, 0.2) is 0 Å². The maximum atomic E-state index is 12.7. The fourth-order valence-electron chi connectivity index (χ4n) is 3.26. The van der Waals surface area contributed by atoms with Crippen LogP contribution < -0.4 is 5.32 Å². The van der Waals surface area contributed by atoms with Gasteiger partial charge < -0.3 is 5.32 Å². The van der Waals surface area contributed by atoms with Gasteiger partial charge in [0.05, 0.1) is 10.9 Å². The molecule has 0 aromatic heterocycles. The van der Waals surface area contributed by atoms with Crippen molar-refractivity contribution in [2.45, 2.75) is 37.1 Å². The first-order valence-corrected chi connectivity index (χ1v) is 10.0. The summed E-state index contributed by atoms with van der Waals surface area (Å²) >= 11 is 0. The number of hydrogen-bond donors (Lipinski definition) is 2. The van der Waals surface area contributed by atoms with Crippen LogP contribution >= 0.6 is 0 Å². The van der Waals surface area contributed by atoms with Gasteiger partial charge in [0.2, 0.25) is 0 Å². The Morgan fingerprint density at radius 2 is 1.85 bits per heavy atom. The highest BCUT2D eigenvalue weighted by molar-refractivity contribution is 7.89. The molecule has 0 spiro atoms. The van der Waals surface area contributed by atoms with E-state index in [9.17, 15) is 18.4 Å². The van der Waals surface area contributed by atoms with E-state index in [0.29, 0.717) is 16.6 Å². The van der Waals surface area contributed by atoms with E-state index in [1.54, 1.807) is 24.3 Å². The van der Waals surface area contributed by atoms with Crippen molar-refractivity contribution in [3.63, 3.8) is 0 Å². The van der Waals surface area contributed by atoms with Gasteiger partial charge in [-0.3, -0.25) is 10.0 Å². The molecule has 0 saturated heterocycles. The number of hydrogen-bond acceptors (Lipinski definition) is 4. The summed E-state index contributed by atoms with van der Waals surface area (Å²) < 4.78 is 26.0. The summed E-state index contributed by atoms with van der Waals surface area (Å²) in [6, 6.07) is 14.2. The molecule has 2 unspecified atom stereocenters. The van der Waals surface area contributed by atoms with E-state index < -0.39 is 22.0 Å². The third-order valence-electron chi connectivity index (χ3n) is 4.77. The number of carbonyl (C=O) groups is 1. The molecule has 0 heterocycles. The number of sulfonamides is 1. The topological polar surface area (TPSA) is 86.7 Å². The van der Waals surface area contributed by atoms with Crippen LogP contribution in [0.5, 0.6) is 0 Å². The Labute approximate surface area is 153 Å². The van der Waals surface area contributed by atoms with Gasteiger partial charge in [-0.1, -0.05) is 42.1 Å². The number of nitrogens with zero attached hydrogens (tertiary/aromatic N) is 1. The molecule has 1 aliphatic carbocycles. The molecule has 2 aromatic carbocycles. The number of hydroxylamine groups is 1. The Balaban J connectivity index is 1.83. The van der Waals surface area contributed by atoms with Crippen molar-refractivity contribution in [3.05, 3.63) is 60.2 Å². The van der Waals surface area contributed by atoms with E-state index in [-0.39, 0.29) is 16.4 Å². The van der Waals surface area contributed by atoms with Crippen molar-refractivity contribution in [3.8, 4) is 0 Å². The maximum absolute atomic E-state index is 12.7. The van der Waals surface area contributed by atoms with Gasteiger partial charge in [-0.15, -0.1) is 0 Å². The normalized spacial score (nSPS) is 20.3. The Kier molecular flexibility index (Phi) is 5.41. The summed E-state index contributed by atoms with van der Waals surface area (Å²) in [6.45, 7) is 1.93. The standard InChI is InChI=1S/C19H22N2O4S/c1-14-7-5-12-18(14)21(23)26(24,25)17-11-6-8-15(13-17)19(22)20-16-9-3-2-4-10-16/h2-4,6,8-11,13-14,18,23H,5,7,12H2,1H3,(H,20,22). The minimum absolute atomic E-state index is 0.0966. The van der Waals surface area contributed by atoms with E-state index in [2.05, 4.69) is 5.32 Å². The van der Waals surface area contributed by atoms with Crippen LogP contribution in [0.15, 0.2) is 59.5 Å². The Morgan fingerprint density at radius 3 is 2.50 bits per heavy atom. The van der Waals surface area contributed by atoms with Crippen LogP contribution in [0.25, 0.3) is 0 Å². The molecule has 7 heteroatoms. The molecule has 1 aliphatic rings. The molecule has 2 atom stereocenters. The second-order valence-electron chi connectivity index (χ2n) is 6.60. The minimum Gasteiger partial charge on any atom is -0.322 e. The molecule has 0 radical (unpaired) electrons. The van der Waals surface area contributed by atoms with Crippen LogP contribution in [0.3, 0.4) is 0 Å². The quantitative estimate of drug-likeness (QED) is 0.784. The zero-order chi connectivity index (χ0) is 18.7. The third kappa shape index (κ3) is 3.80. The fraction of sp³-hybridized carbons (Fsp3) is 0.316. The molecule has 0 aliphatic heterocycles. The van der Waals surface area contributed by atoms with Gasteiger partial charge in [0.25, 0.3) is 15.9 Å². The maximum Gasteiger partial charge on any atom is 0.265 e. The van der Waals surface area contributed by atoms with Gasteiger partial charge >= 0.3 is 0 Å². The first-order chi connectivity index (χ1) is 12.4. The van der Waals surface area contributed by atoms with Crippen molar-refractivity contribution in [1.82, 2.24) is 4.47 Å². The lowest BCUT2D eigenvalue weighted by molar-refractivity contribution is -0.0455. The van der Waals surface area contributed by atoms with Crippen LogP contribution in [-0.2, 0) is 10.0 Å². The second-order valence-corrected chi connectivity index (χ2v) is 8.40. The molecule has 3 rings (SSSR count). The molecular formula is C19H22N2O4S. The van der Waals surface area contributed by atoms with E-state index in [1.165, 1.54) is 24.3 Å². The summed E-state index contributed by atoms with van der Waals surface area (Å²) in [6.07, 6.45) is 2.40. The molecule has 6 nitrogen and oxygen atoms in total. The highest BCUT2D eigenvalue weighted by atomic mass is 32.2. The molecule has 138 valence electrons. The largest absolute Gasteiger partial charge is 0.322 e. The minimum atomic E-state index is -4.08. The number of para-hydroxylation sites is 1. The molecule has 0 bridgehead atoms. The molecule has 2 aromatic rings. The Hall–Kier alpha value is -2.22. The lowest BCUT2D eigenvalue weighted by Crippen LogP contribution is -2.39. The van der Waals surface area contributed by atoms with Crippen LogP contribution in [0.2, 0.25) is 0 Å². The second kappa shape index (κ2) is 7.57. The molecule has 1 amide bonds. The predicted molar refractivity (Wildman–Crippen MR) is 98.5 cm³/mol. The summed E-state index contributed by atoms with van der Waals surface area (Å²) in [5, 5.41) is 13.0. The third-order valence-corrected chi connectivity index (χ3v) is 6.38. The number of nitrogens with one attached hydrogen (secondary N) is 1. The van der Waals surface area contributed by atoms with E-state index in [0.717, 1.165) is 12.8 Å². The SMILES string of the molecule is CC1CCCC1N(O)S(=O)(=O)c1cccc(C(=O)Nc2ccccc2)c1. The summed E-state index contributed by atoms with van der Waals surface area (Å²) in [7, 11) is -4.08. The van der Waals surface area contributed by atoms with Gasteiger partial charge in [-0.25, -0.2) is 8.42 Å². The fourth-order valence-corrected chi connectivity index (χ4v) is 4.67. The number of carbonyl (C=O) groups excluding carboxylic acids is 1. The van der Waals surface area contributed by atoms with E-state index >= 15 is 0 Å². The van der Waals surface area contributed by atoms with E-state index in [1.807, 2.05) is 13.0 Å². The average molecular weight is 374 g/mol. The molecular weight excluding hydrogens is 352 g/mol. The smallest absolute Gasteiger partial charge is 0.265 e. The van der Waals surface area contributed by atoms with Crippen LogP contribution in [0, 0.1) is 5.92 Å². The molecule has 26 heavy (non-hydrogen) atoms. The predicted octanol–water partition coefficient (Wildman–Crippen LogP) is 3.51. The molecule has 1 fully saturated rings. The van der Waals surface area contributed by atoms with Gasteiger partial charge in [0.1, 0.15) is 0 Å². The number of benzene rings is 2. The first-order valence-electron chi connectivity index (χ1n) is 8.59. The van der Waals surface area contributed by atoms with E-state index in [4.69, 9.17) is 0 Å². The summed E-state index contributed by atoms with van der Waals surface area (Å²) in [4.78, 5) is 12.3. The zero-order valence-corrected chi connectivity index (χ0v) is 15.3. The highest BCUT2D eigenvalue weighted by Gasteiger charge is 2.36. The Morgan fingerprint density at radius 1 is 1.12 bits per heavy atom. The van der Waals surface area contributed by atoms with Crippen LogP contribution in [0.4, 0.5) is 5.69 Å². The van der Waals surface area contributed by atoms with Gasteiger partial charge in [-0.05, 0) is 49.1 Å². The molecule has 1 saturated carbocycles. The highest BCUT2D eigenvalue weighted by Crippen LogP contribution is 2.32. The first kappa shape index (κ1) is 18.6. The zero-order valence-electron chi connectivity index (χ0n) is 14.5. The average Bonchev–Trinajstić information content (AvgIpc) is 3.07. The molecule has 2 N–H and O–H groups in total. The number of rotatable bonds is 5. The van der Waals surface area contributed by atoms with Crippen molar-refractivity contribution in [2.75, 3.05) is 5.32 Å². The van der Waals surface area contributed by atoms with Crippen molar-refractivity contribution in [2.24, 2.45) is 5.92 Å². The lowest BCUT2D eigenvalue weighted by Gasteiger charge is -2.25.